The highest BCUT2D eigenvalue weighted by atomic mass is 32.2. The summed E-state index contributed by atoms with van der Waals surface area (Å²) in [5.74, 6) is 1.55. The molecular formula is C19H14N4O2S4. The lowest BCUT2D eigenvalue weighted by Crippen LogP contribution is -2.22. The maximum absolute atomic E-state index is 13.2. The lowest BCUT2D eigenvalue weighted by atomic mass is 10.2. The minimum absolute atomic E-state index is 0.00542. The quantitative estimate of drug-likeness (QED) is 0.243. The van der Waals surface area contributed by atoms with Gasteiger partial charge in [-0.1, -0.05) is 23.0 Å². The Labute approximate surface area is 181 Å². The molecule has 0 aliphatic carbocycles. The van der Waals surface area contributed by atoms with Crippen LogP contribution in [0, 0.1) is 0 Å². The number of aromatic nitrogens is 4. The van der Waals surface area contributed by atoms with Crippen molar-refractivity contribution in [3.8, 4) is 21.8 Å². The summed E-state index contributed by atoms with van der Waals surface area (Å²) in [6.07, 6.45) is 0. The summed E-state index contributed by atoms with van der Waals surface area (Å²) in [5.41, 5.74) is 1.91. The molecule has 146 valence electrons. The average molecular weight is 459 g/mol. The topological polar surface area (TPSA) is 73.8 Å². The van der Waals surface area contributed by atoms with E-state index in [1.165, 1.54) is 23.1 Å². The zero-order valence-electron chi connectivity index (χ0n) is 15.2. The van der Waals surface area contributed by atoms with E-state index in [0.29, 0.717) is 34.6 Å². The van der Waals surface area contributed by atoms with E-state index in [1.54, 1.807) is 27.2 Å². The Hall–Kier alpha value is -2.27. The minimum Gasteiger partial charge on any atom is -0.338 e. The van der Waals surface area contributed by atoms with Crippen LogP contribution in [0.2, 0.25) is 0 Å². The second kappa shape index (κ2) is 7.86. The summed E-state index contributed by atoms with van der Waals surface area (Å²) in [5, 5.41) is 13.4. The number of hydrogen-bond donors (Lipinski definition) is 0. The number of fused-ring (bicyclic) bond motifs is 1. The van der Waals surface area contributed by atoms with Gasteiger partial charge in [0.25, 0.3) is 5.56 Å². The molecule has 0 aliphatic rings. The molecule has 0 amide bonds. The molecule has 0 saturated carbocycles. The molecule has 0 aromatic carbocycles. The van der Waals surface area contributed by atoms with Gasteiger partial charge in [-0.3, -0.25) is 9.36 Å². The predicted octanol–water partition coefficient (Wildman–Crippen LogP) is 5.61. The van der Waals surface area contributed by atoms with Crippen molar-refractivity contribution in [2.45, 2.75) is 24.4 Å². The molecule has 10 heteroatoms. The molecule has 29 heavy (non-hydrogen) atoms. The van der Waals surface area contributed by atoms with Gasteiger partial charge in [0.05, 0.1) is 11.1 Å². The summed E-state index contributed by atoms with van der Waals surface area (Å²) in [4.78, 5) is 24.3. The molecule has 5 heterocycles. The summed E-state index contributed by atoms with van der Waals surface area (Å²) in [6, 6.07) is 5.98. The first kappa shape index (κ1) is 18.7. The van der Waals surface area contributed by atoms with Gasteiger partial charge in [0, 0.05) is 33.3 Å². The van der Waals surface area contributed by atoms with Crippen molar-refractivity contribution in [3.63, 3.8) is 0 Å². The van der Waals surface area contributed by atoms with E-state index in [4.69, 9.17) is 9.51 Å². The standard InChI is InChI=1S/C19H14N4O2S4/c1-2-23-18(24)15-12(13-4-3-6-27-13)9-28-17(15)21-19(23)29-10-14-20-16(22-25-14)11-5-7-26-8-11/h3-9H,2,10H2,1H3. The normalized spacial score (nSPS) is 11.5. The Bertz CT molecular complexity index is 1320. The molecule has 6 nitrogen and oxygen atoms in total. The summed E-state index contributed by atoms with van der Waals surface area (Å²) >= 11 is 6.16. The second-order valence-corrected chi connectivity index (χ2v) is 9.59. The fourth-order valence-electron chi connectivity index (χ4n) is 2.96. The van der Waals surface area contributed by atoms with E-state index in [1.807, 2.05) is 46.6 Å². The molecule has 0 unspecified atom stereocenters. The van der Waals surface area contributed by atoms with Crippen LogP contribution in [0.5, 0.6) is 0 Å². The van der Waals surface area contributed by atoms with Gasteiger partial charge in [-0.2, -0.15) is 16.3 Å². The lowest BCUT2D eigenvalue weighted by molar-refractivity contribution is 0.391. The average Bonchev–Trinajstić information content (AvgIpc) is 3.53. The largest absolute Gasteiger partial charge is 0.338 e. The van der Waals surface area contributed by atoms with E-state index in [0.717, 1.165) is 20.8 Å². The Kier molecular flexibility index (Phi) is 5.08. The van der Waals surface area contributed by atoms with Crippen LogP contribution in [0.25, 0.3) is 32.0 Å². The molecule has 0 radical (unpaired) electrons. The van der Waals surface area contributed by atoms with Gasteiger partial charge in [-0.05, 0) is 29.8 Å². The molecule has 0 fully saturated rings. The maximum atomic E-state index is 13.2. The van der Waals surface area contributed by atoms with E-state index in [-0.39, 0.29) is 5.56 Å². The zero-order valence-corrected chi connectivity index (χ0v) is 18.5. The molecule has 5 aromatic rings. The van der Waals surface area contributed by atoms with Crippen molar-refractivity contribution < 1.29 is 4.52 Å². The van der Waals surface area contributed by atoms with Crippen molar-refractivity contribution in [2.24, 2.45) is 0 Å². The predicted molar refractivity (Wildman–Crippen MR) is 120 cm³/mol. The van der Waals surface area contributed by atoms with Gasteiger partial charge in [-0.15, -0.1) is 22.7 Å². The maximum Gasteiger partial charge on any atom is 0.263 e. The highest BCUT2D eigenvalue weighted by Crippen LogP contribution is 2.35. The second-order valence-electron chi connectivity index (χ2n) is 6.06. The number of rotatable bonds is 6. The molecule has 0 atom stereocenters. The molecule has 5 aromatic heterocycles. The third kappa shape index (κ3) is 3.46. The molecule has 5 rings (SSSR count). The highest BCUT2D eigenvalue weighted by Gasteiger charge is 2.18. The summed E-state index contributed by atoms with van der Waals surface area (Å²) in [6.45, 7) is 2.51. The Balaban J connectivity index is 1.47. The van der Waals surface area contributed by atoms with Crippen LogP contribution < -0.4 is 5.56 Å². The van der Waals surface area contributed by atoms with Gasteiger partial charge >= 0.3 is 0 Å². The van der Waals surface area contributed by atoms with Gasteiger partial charge in [0.1, 0.15) is 4.83 Å². The van der Waals surface area contributed by atoms with E-state index in [9.17, 15) is 4.79 Å². The van der Waals surface area contributed by atoms with Gasteiger partial charge in [0.15, 0.2) is 5.16 Å². The van der Waals surface area contributed by atoms with Crippen LogP contribution in [0.4, 0.5) is 0 Å². The van der Waals surface area contributed by atoms with Crippen LogP contribution in [0.15, 0.2) is 54.2 Å². The first-order chi connectivity index (χ1) is 14.2. The van der Waals surface area contributed by atoms with Gasteiger partial charge in [0.2, 0.25) is 11.7 Å². The van der Waals surface area contributed by atoms with Crippen molar-refractivity contribution in [1.29, 1.82) is 0 Å². The SMILES string of the molecule is CCn1c(SCc2nc(-c3ccsc3)no2)nc2scc(-c3cccs3)c2c1=O. The zero-order chi connectivity index (χ0) is 19.8. The van der Waals surface area contributed by atoms with Crippen molar-refractivity contribution >= 4 is 56.0 Å². The monoisotopic (exact) mass is 458 g/mol. The van der Waals surface area contributed by atoms with E-state index < -0.39 is 0 Å². The number of thiophene rings is 3. The molecular weight excluding hydrogens is 445 g/mol. The molecule has 0 saturated heterocycles. The fourth-order valence-corrected chi connectivity index (χ4v) is 6.29. The van der Waals surface area contributed by atoms with Crippen LogP contribution >= 0.6 is 45.8 Å². The lowest BCUT2D eigenvalue weighted by Gasteiger charge is -2.09. The Morgan fingerprint density at radius 1 is 1.17 bits per heavy atom. The smallest absolute Gasteiger partial charge is 0.263 e. The van der Waals surface area contributed by atoms with Crippen molar-refractivity contribution in [2.75, 3.05) is 0 Å². The number of thioether (sulfide) groups is 1. The first-order valence-corrected chi connectivity index (χ1v) is 12.5. The van der Waals surface area contributed by atoms with Crippen LogP contribution in [0.3, 0.4) is 0 Å². The summed E-state index contributed by atoms with van der Waals surface area (Å²) < 4.78 is 7.08. The minimum atomic E-state index is -0.00542. The molecule has 0 spiro atoms. The summed E-state index contributed by atoms with van der Waals surface area (Å²) in [7, 11) is 0. The third-order valence-electron chi connectivity index (χ3n) is 4.33. The van der Waals surface area contributed by atoms with Crippen molar-refractivity contribution in [1.82, 2.24) is 19.7 Å². The van der Waals surface area contributed by atoms with E-state index >= 15 is 0 Å². The first-order valence-electron chi connectivity index (χ1n) is 8.78. The van der Waals surface area contributed by atoms with Gasteiger partial charge < -0.3 is 4.52 Å². The molecule has 0 bridgehead atoms. The van der Waals surface area contributed by atoms with E-state index in [2.05, 4.69) is 10.1 Å². The third-order valence-corrected chi connectivity index (χ3v) is 7.75. The molecule has 0 N–H and O–H groups in total. The Morgan fingerprint density at radius 2 is 2.10 bits per heavy atom. The molecule has 0 aliphatic heterocycles. The van der Waals surface area contributed by atoms with Crippen LogP contribution in [0.1, 0.15) is 12.8 Å². The number of hydrogen-bond acceptors (Lipinski definition) is 9. The highest BCUT2D eigenvalue weighted by molar-refractivity contribution is 7.98. The van der Waals surface area contributed by atoms with Crippen LogP contribution in [-0.2, 0) is 12.3 Å². The fraction of sp³-hybridized carbons (Fsp3) is 0.158. The van der Waals surface area contributed by atoms with Gasteiger partial charge in [-0.25, -0.2) is 4.98 Å². The van der Waals surface area contributed by atoms with Crippen LogP contribution in [-0.4, -0.2) is 19.7 Å². The number of nitrogens with zero attached hydrogens (tertiary/aromatic N) is 4. The van der Waals surface area contributed by atoms with Crippen molar-refractivity contribution in [3.05, 3.63) is 56.0 Å². The Morgan fingerprint density at radius 3 is 2.86 bits per heavy atom.